The molecule has 8 heteroatoms. The van der Waals surface area contributed by atoms with Gasteiger partial charge in [0.25, 0.3) is 0 Å². The van der Waals surface area contributed by atoms with Crippen molar-refractivity contribution in [3.63, 3.8) is 0 Å². The highest BCUT2D eigenvalue weighted by atomic mass is 16.6. The summed E-state index contributed by atoms with van der Waals surface area (Å²) in [6, 6.07) is 23.2. The maximum atomic E-state index is 12.8. The molecule has 3 aromatic rings. The average Bonchev–Trinajstić information content (AvgIpc) is 2.87. The molecule has 0 spiro atoms. The minimum absolute atomic E-state index is 0.126. The van der Waals surface area contributed by atoms with Crippen molar-refractivity contribution in [1.82, 2.24) is 0 Å². The van der Waals surface area contributed by atoms with Crippen LogP contribution in [0.4, 0.5) is 21.9 Å². The Hall–Kier alpha value is -4.43. The molecule has 3 aromatic carbocycles. The number of hydrogen-bond donors (Lipinski definition) is 4. The Kier molecular flexibility index (Phi) is 9.79. The smallest absolute Gasteiger partial charge is 0.412 e. The van der Waals surface area contributed by atoms with E-state index in [9.17, 15) is 19.5 Å². The van der Waals surface area contributed by atoms with E-state index in [0.29, 0.717) is 17.1 Å². The van der Waals surface area contributed by atoms with Crippen LogP contribution in [0.25, 0.3) is 6.08 Å². The van der Waals surface area contributed by atoms with Crippen molar-refractivity contribution in [1.29, 1.82) is 0 Å². The molecule has 0 saturated carbocycles. The van der Waals surface area contributed by atoms with Gasteiger partial charge in [-0.05, 0) is 68.7 Å². The second kappa shape index (κ2) is 13.2. The first-order valence-electron chi connectivity index (χ1n) is 12.3. The van der Waals surface area contributed by atoms with Gasteiger partial charge in [-0.1, -0.05) is 54.6 Å². The number of carbonyl (C=O) groups excluding carboxylic acids is 3. The van der Waals surface area contributed by atoms with Crippen molar-refractivity contribution < 1.29 is 24.2 Å². The quantitative estimate of drug-likeness (QED) is 0.269. The molecule has 4 N–H and O–H groups in total. The van der Waals surface area contributed by atoms with E-state index in [-0.39, 0.29) is 24.8 Å². The predicted molar refractivity (Wildman–Crippen MR) is 150 cm³/mol. The number of aliphatic hydroxyl groups is 1. The standard InChI is InChI=1S/C30H33N3O5/c1-30(2,3)38-29(37)33-26-12-8-7-11-25(26)32-27(35)18-15-21-13-16-22(17-14-21)24(19-20-34)28(36)31-23-9-5-4-6-10-23/h4-18,24,34H,19-20H2,1-3H3,(H,31,36)(H,32,35)(H,33,37)/b18-15+. The van der Waals surface area contributed by atoms with Gasteiger partial charge >= 0.3 is 6.09 Å². The van der Waals surface area contributed by atoms with Crippen LogP contribution in [0.5, 0.6) is 0 Å². The van der Waals surface area contributed by atoms with Crippen molar-refractivity contribution >= 4 is 41.0 Å². The van der Waals surface area contributed by atoms with Crippen LogP contribution in [-0.4, -0.2) is 35.2 Å². The molecule has 8 nitrogen and oxygen atoms in total. The SMILES string of the molecule is CC(C)(C)OC(=O)Nc1ccccc1NC(=O)/C=C/c1ccc(C(CCO)C(=O)Nc2ccccc2)cc1. The molecule has 0 fully saturated rings. The minimum Gasteiger partial charge on any atom is -0.444 e. The van der Waals surface area contributed by atoms with E-state index in [2.05, 4.69) is 16.0 Å². The van der Waals surface area contributed by atoms with Crippen molar-refractivity contribution in [2.75, 3.05) is 22.6 Å². The molecular weight excluding hydrogens is 482 g/mol. The van der Waals surface area contributed by atoms with E-state index in [4.69, 9.17) is 4.74 Å². The van der Waals surface area contributed by atoms with Crippen molar-refractivity contribution in [3.05, 3.63) is 96.1 Å². The highest BCUT2D eigenvalue weighted by Gasteiger charge is 2.20. The molecule has 38 heavy (non-hydrogen) atoms. The van der Waals surface area contributed by atoms with E-state index in [1.54, 1.807) is 75.4 Å². The third-order valence-electron chi connectivity index (χ3n) is 5.36. The Morgan fingerprint density at radius 3 is 2.05 bits per heavy atom. The van der Waals surface area contributed by atoms with Crippen LogP contribution in [-0.2, 0) is 14.3 Å². The van der Waals surface area contributed by atoms with Crippen LogP contribution >= 0.6 is 0 Å². The Balaban J connectivity index is 1.63. The number of nitrogens with one attached hydrogen (secondary N) is 3. The van der Waals surface area contributed by atoms with Gasteiger partial charge in [0.05, 0.1) is 17.3 Å². The molecule has 3 amide bonds. The Labute approximate surface area is 222 Å². The van der Waals surface area contributed by atoms with Gasteiger partial charge in [-0.3, -0.25) is 14.9 Å². The van der Waals surface area contributed by atoms with E-state index >= 15 is 0 Å². The fourth-order valence-electron chi connectivity index (χ4n) is 3.63. The summed E-state index contributed by atoms with van der Waals surface area (Å²) in [5.74, 6) is -1.10. The molecule has 0 saturated heterocycles. The maximum absolute atomic E-state index is 12.8. The summed E-state index contributed by atoms with van der Waals surface area (Å²) in [5.41, 5.74) is 2.40. The Morgan fingerprint density at radius 1 is 0.842 bits per heavy atom. The number of amides is 3. The number of para-hydroxylation sites is 3. The lowest BCUT2D eigenvalue weighted by Gasteiger charge is -2.20. The highest BCUT2D eigenvalue weighted by Crippen LogP contribution is 2.24. The maximum Gasteiger partial charge on any atom is 0.412 e. The summed E-state index contributed by atoms with van der Waals surface area (Å²) in [7, 11) is 0. The van der Waals surface area contributed by atoms with Crippen LogP contribution in [0, 0.1) is 0 Å². The van der Waals surface area contributed by atoms with Crippen LogP contribution < -0.4 is 16.0 Å². The fraction of sp³-hybridized carbons (Fsp3) is 0.233. The normalized spacial score (nSPS) is 12.0. The monoisotopic (exact) mass is 515 g/mol. The third kappa shape index (κ3) is 8.90. The minimum atomic E-state index is -0.648. The first kappa shape index (κ1) is 28.1. The van der Waals surface area contributed by atoms with E-state index in [0.717, 1.165) is 11.1 Å². The second-order valence-corrected chi connectivity index (χ2v) is 9.58. The fourth-order valence-corrected chi connectivity index (χ4v) is 3.63. The largest absolute Gasteiger partial charge is 0.444 e. The molecule has 198 valence electrons. The van der Waals surface area contributed by atoms with E-state index in [1.165, 1.54) is 6.08 Å². The number of benzene rings is 3. The summed E-state index contributed by atoms with van der Waals surface area (Å²) in [6.07, 6.45) is 2.69. The summed E-state index contributed by atoms with van der Waals surface area (Å²) >= 11 is 0. The van der Waals surface area contributed by atoms with Gasteiger partial charge in [0.2, 0.25) is 11.8 Å². The summed E-state index contributed by atoms with van der Waals surface area (Å²) in [4.78, 5) is 37.5. The van der Waals surface area contributed by atoms with E-state index in [1.807, 2.05) is 30.3 Å². The van der Waals surface area contributed by atoms with Gasteiger partial charge in [-0.15, -0.1) is 0 Å². The second-order valence-electron chi connectivity index (χ2n) is 9.58. The molecule has 0 aromatic heterocycles. The zero-order valence-electron chi connectivity index (χ0n) is 21.7. The number of aliphatic hydroxyl groups excluding tert-OH is 1. The first-order chi connectivity index (χ1) is 18.1. The number of carbonyl (C=O) groups is 3. The van der Waals surface area contributed by atoms with Gasteiger partial charge in [-0.25, -0.2) is 4.79 Å². The molecule has 1 atom stereocenters. The lowest BCUT2D eigenvalue weighted by atomic mass is 9.94. The van der Waals surface area contributed by atoms with Crippen molar-refractivity contribution in [2.24, 2.45) is 0 Å². The zero-order chi connectivity index (χ0) is 27.5. The molecule has 0 bridgehead atoms. The molecule has 3 rings (SSSR count). The van der Waals surface area contributed by atoms with Crippen LogP contribution in [0.15, 0.2) is 84.9 Å². The van der Waals surface area contributed by atoms with Crippen molar-refractivity contribution in [3.8, 4) is 0 Å². The van der Waals surface area contributed by atoms with Gasteiger partial charge in [0.1, 0.15) is 5.60 Å². The van der Waals surface area contributed by atoms with Gasteiger partial charge in [0.15, 0.2) is 0 Å². The number of anilines is 3. The molecular formula is C30H33N3O5. The lowest BCUT2D eigenvalue weighted by molar-refractivity contribution is -0.118. The molecule has 0 radical (unpaired) electrons. The molecule has 0 heterocycles. The molecule has 0 aliphatic carbocycles. The molecule has 1 unspecified atom stereocenters. The number of rotatable bonds is 9. The van der Waals surface area contributed by atoms with Crippen LogP contribution in [0.1, 0.15) is 44.2 Å². The van der Waals surface area contributed by atoms with Crippen molar-refractivity contribution in [2.45, 2.75) is 38.7 Å². The Bertz CT molecular complexity index is 1270. The average molecular weight is 516 g/mol. The first-order valence-corrected chi connectivity index (χ1v) is 12.3. The molecule has 0 aliphatic heterocycles. The highest BCUT2D eigenvalue weighted by molar-refractivity contribution is 6.05. The summed E-state index contributed by atoms with van der Waals surface area (Å²) < 4.78 is 5.28. The van der Waals surface area contributed by atoms with Gasteiger partial charge < -0.3 is 20.5 Å². The summed E-state index contributed by atoms with van der Waals surface area (Å²) in [5, 5.41) is 17.8. The Morgan fingerprint density at radius 2 is 1.45 bits per heavy atom. The topological polar surface area (TPSA) is 117 Å². The van der Waals surface area contributed by atoms with Crippen LogP contribution in [0.2, 0.25) is 0 Å². The number of hydrogen-bond acceptors (Lipinski definition) is 5. The number of ether oxygens (including phenoxy) is 1. The van der Waals surface area contributed by atoms with Crippen LogP contribution in [0.3, 0.4) is 0 Å². The third-order valence-corrected chi connectivity index (χ3v) is 5.36. The van der Waals surface area contributed by atoms with Gasteiger partial charge in [-0.2, -0.15) is 0 Å². The lowest BCUT2D eigenvalue weighted by Crippen LogP contribution is -2.27. The predicted octanol–water partition coefficient (Wildman–Crippen LogP) is 5.79. The zero-order valence-corrected chi connectivity index (χ0v) is 21.7. The van der Waals surface area contributed by atoms with E-state index < -0.39 is 17.6 Å². The molecule has 0 aliphatic rings. The summed E-state index contributed by atoms with van der Waals surface area (Å²) in [6.45, 7) is 5.18. The van der Waals surface area contributed by atoms with Gasteiger partial charge in [0, 0.05) is 18.4 Å².